The van der Waals surface area contributed by atoms with Crippen LogP contribution < -0.4 is 5.32 Å². The van der Waals surface area contributed by atoms with Crippen LogP contribution in [0.25, 0.3) is 10.9 Å². The molecule has 1 fully saturated rings. The summed E-state index contributed by atoms with van der Waals surface area (Å²) in [5.41, 5.74) is 2.45. The molecule has 1 aromatic heterocycles. The van der Waals surface area contributed by atoms with Crippen molar-refractivity contribution in [3.05, 3.63) is 42.1 Å². The lowest BCUT2D eigenvalue weighted by Crippen LogP contribution is -2.41. The van der Waals surface area contributed by atoms with Crippen molar-refractivity contribution in [2.45, 2.75) is 44.8 Å². The van der Waals surface area contributed by atoms with Crippen LogP contribution >= 0.6 is 0 Å². The van der Waals surface area contributed by atoms with Gasteiger partial charge in [0.05, 0.1) is 11.6 Å². The highest BCUT2D eigenvalue weighted by molar-refractivity contribution is 5.81. The largest absolute Gasteiger partial charge is 0.377 e. The van der Waals surface area contributed by atoms with E-state index in [0.717, 1.165) is 31.5 Å². The van der Waals surface area contributed by atoms with Gasteiger partial charge in [0.1, 0.15) is 0 Å². The Morgan fingerprint density at radius 1 is 1.33 bits per heavy atom. The monoisotopic (exact) mass is 284 g/mol. The molecule has 0 aliphatic carbocycles. The summed E-state index contributed by atoms with van der Waals surface area (Å²) in [6.07, 6.45) is 6.79. The molecule has 2 aromatic rings. The molecular weight excluding hydrogens is 260 g/mol. The number of fused-ring (bicyclic) bond motifs is 1. The quantitative estimate of drug-likeness (QED) is 0.883. The van der Waals surface area contributed by atoms with Crippen molar-refractivity contribution < 1.29 is 4.74 Å². The number of benzene rings is 1. The van der Waals surface area contributed by atoms with Crippen molar-refractivity contribution in [2.75, 3.05) is 13.2 Å². The van der Waals surface area contributed by atoms with Crippen LogP contribution in [0.1, 0.15) is 31.7 Å². The lowest BCUT2D eigenvalue weighted by atomic mass is 9.97. The fraction of sp³-hybridized carbons (Fsp3) is 0.500. The predicted molar refractivity (Wildman–Crippen MR) is 86.5 cm³/mol. The SMILES string of the molecule is CCCNC(Cc1ccnc2ccccc12)C1CCCO1. The molecule has 112 valence electrons. The molecular formula is C18H24N2O. The molecule has 21 heavy (non-hydrogen) atoms. The fourth-order valence-corrected chi connectivity index (χ4v) is 3.15. The van der Waals surface area contributed by atoms with E-state index < -0.39 is 0 Å². The molecule has 1 aliphatic rings. The Balaban J connectivity index is 1.82. The number of hydrogen-bond acceptors (Lipinski definition) is 3. The van der Waals surface area contributed by atoms with Gasteiger partial charge in [-0.15, -0.1) is 0 Å². The van der Waals surface area contributed by atoms with Gasteiger partial charge in [0.2, 0.25) is 0 Å². The lowest BCUT2D eigenvalue weighted by molar-refractivity contribution is 0.0785. The number of para-hydroxylation sites is 1. The molecule has 2 atom stereocenters. The third kappa shape index (κ3) is 3.42. The molecule has 0 bridgehead atoms. The molecule has 3 rings (SSSR count). The van der Waals surface area contributed by atoms with Gasteiger partial charge in [0, 0.05) is 24.2 Å². The van der Waals surface area contributed by atoms with Crippen molar-refractivity contribution in [1.29, 1.82) is 0 Å². The number of rotatable bonds is 6. The molecule has 3 heteroatoms. The smallest absolute Gasteiger partial charge is 0.0732 e. The second-order valence-corrected chi connectivity index (χ2v) is 5.80. The summed E-state index contributed by atoms with van der Waals surface area (Å²) in [7, 11) is 0. The van der Waals surface area contributed by atoms with Crippen LogP contribution in [0.2, 0.25) is 0 Å². The standard InChI is InChI=1S/C18H24N2O/c1-2-10-19-17(18-8-5-12-21-18)13-14-9-11-20-16-7-4-3-6-15(14)16/h3-4,6-7,9,11,17-19H,2,5,8,10,12-13H2,1H3. The Labute approximate surface area is 126 Å². The van der Waals surface area contributed by atoms with E-state index in [1.807, 2.05) is 12.3 Å². The Bertz CT molecular complexity index is 573. The van der Waals surface area contributed by atoms with E-state index in [9.17, 15) is 0 Å². The first-order valence-electron chi connectivity index (χ1n) is 8.06. The third-order valence-corrected chi connectivity index (χ3v) is 4.25. The molecule has 0 saturated carbocycles. The molecule has 2 heterocycles. The number of ether oxygens (including phenoxy) is 1. The van der Waals surface area contributed by atoms with Crippen LogP contribution in [0.4, 0.5) is 0 Å². The van der Waals surface area contributed by atoms with Gasteiger partial charge in [-0.1, -0.05) is 25.1 Å². The van der Waals surface area contributed by atoms with E-state index in [1.54, 1.807) is 0 Å². The molecule has 1 aromatic carbocycles. The summed E-state index contributed by atoms with van der Waals surface area (Å²) in [5, 5.41) is 4.94. The average Bonchev–Trinajstić information content (AvgIpc) is 3.06. The molecule has 1 saturated heterocycles. The van der Waals surface area contributed by atoms with Crippen molar-refractivity contribution in [3.63, 3.8) is 0 Å². The van der Waals surface area contributed by atoms with Crippen LogP contribution in [0, 0.1) is 0 Å². The minimum absolute atomic E-state index is 0.350. The minimum Gasteiger partial charge on any atom is -0.377 e. The van der Waals surface area contributed by atoms with Gasteiger partial charge in [-0.2, -0.15) is 0 Å². The number of nitrogens with zero attached hydrogens (tertiary/aromatic N) is 1. The first-order chi connectivity index (χ1) is 10.4. The predicted octanol–water partition coefficient (Wildman–Crippen LogP) is 3.32. The maximum Gasteiger partial charge on any atom is 0.0732 e. The summed E-state index contributed by atoms with van der Waals surface area (Å²) in [5.74, 6) is 0. The van der Waals surface area contributed by atoms with Crippen LogP contribution in [0.5, 0.6) is 0 Å². The van der Waals surface area contributed by atoms with Crippen molar-refractivity contribution in [1.82, 2.24) is 10.3 Å². The van der Waals surface area contributed by atoms with Gasteiger partial charge >= 0.3 is 0 Å². The molecule has 1 N–H and O–H groups in total. The zero-order chi connectivity index (χ0) is 14.5. The lowest BCUT2D eigenvalue weighted by Gasteiger charge is -2.25. The normalized spacial score (nSPS) is 20.0. The Morgan fingerprint density at radius 3 is 3.05 bits per heavy atom. The third-order valence-electron chi connectivity index (χ3n) is 4.25. The van der Waals surface area contributed by atoms with E-state index in [1.165, 1.54) is 23.8 Å². The van der Waals surface area contributed by atoms with Crippen LogP contribution in [0.3, 0.4) is 0 Å². The Morgan fingerprint density at radius 2 is 2.24 bits per heavy atom. The van der Waals surface area contributed by atoms with Gasteiger partial charge in [-0.25, -0.2) is 0 Å². The first-order valence-corrected chi connectivity index (χ1v) is 8.06. The summed E-state index contributed by atoms with van der Waals surface area (Å²) in [6, 6.07) is 10.9. The summed E-state index contributed by atoms with van der Waals surface area (Å²) in [4.78, 5) is 4.46. The Kier molecular flexibility index (Phi) is 4.84. The van der Waals surface area contributed by atoms with Crippen LogP contribution in [-0.2, 0) is 11.2 Å². The van der Waals surface area contributed by atoms with Gasteiger partial charge < -0.3 is 10.1 Å². The molecule has 0 spiro atoms. The van der Waals surface area contributed by atoms with Gasteiger partial charge in [0.25, 0.3) is 0 Å². The second-order valence-electron chi connectivity index (χ2n) is 5.80. The molecule has 0 radical (unpaired) electrons. The number of aromatic nitrogens is 1. The number of pyridine rings is 1. The highest BCUT2D eigenvalue weighted by Gasteiger charge is 2.26. The first kappa shape index (κ1) is 14.5. The highest BCUT2D eigenvalue weighted by atomic mass is 16.5. The zero-order valence-electron chi connectivity index (χ0n) is 12.7. The summed E-state index contributed by atoms with van der Waals surface area (Å²) >= 11 is 0. The maximum absolute atomic E-state index is 5.92. The summed E-state index contributed by atoms with van der Waals surface area (Å²) < 4.78 is 5.92. The zero-order valence-corrected chi connectivity index (χ0v) is 12.7. The molecule has 3 nitrogen and oxygen atoms in total. The minimum atomic E-state index is 0.350. The fourth-order valence-electron chi connectivity index (χ4n) is 3.15. The average molecular weight is 284 g/mol. The Hall–Kier alpha value is -1.45. The number of nitrogens with one attached hydrogen (secondary N) is 1. The van der Waals surface area contributed by atoms with Crippen LogP contribution in [-0.4, -0.2) is 30.3 Å². The van der Waals surface area contributed by atoms with Gasteiger partial charge in [-0.05, 0) is 49.9 Å². The van der Waals surface area contributed by atoms with Crippen LogP contribution in [0.15, 0.2) is 36.5 Å². The van der Waals surface area contributed by atoms with Crippen molar-refractivity contribution in [2.24, 2.45) is 0 Å². The van der Waals surface area contributed by atoms with E-state index in [-0.39, 0.29) is 0 Å². The van der Waals surface area contributed by atoms with Gasteiger partial charge in [0.15, 0.2) is 0 Å². The van der Waals surface area contributed by atoms with Crippen molar-refractivity contribution in [3.8, 4) is 0 Å². The second kappa shape index (κ2) is 7.01. The maximum atomic E-state index is 5.92. The van der Waals surface area contributed by atoms with E-state index in [4.69, 9.17) is 4.74 Å². The van der Waals surface area contributed by atoms with Crippen molar-refractivity contribution >= 4 is 10.9 Å². The van der Waals surface area contributed by atoms with E-state index in [2.05, 4.69) is 41.5 Å². The topological polar surface area (TPSA) is 34.2 Å². The van der Waals surface area contributed by atoms with E-state index >= 15 is 0 Å². The molecule has 1 aliphatic heterocycles. The highest BCUT2D eigenvalue weighted by Crippen LogP contribution is 2.22. The number of hydrogen-bond donors (Lipinski definition) is 1. The molecule has 0 amide bonds. The van der Waals surface area contributed by atoms with E-state index in [0.29, 0.717) is 12.1 Å². The van der Waals surface area contributed by atoms with Gasteiger partial charge in [-0.3, -0.25) is 4.98 Å². The summed E-state index contributed by atoms with van der Waals surface area (Å²) in [6.45, 7) is 4.17. The molecule has 2 unspecified atom stereocenters.